The fourth-order valence-corrected chi connectivity index (χ4v) is 3.91. The van der Waals surface area contributed by atoms with Crippen molar-refractivity contribution in [1.82, 2.24) is 4.90 Å². The molecule has 0 fully saturated rings. The van der Waals surface area contributed by atoms with Crippen LogP contribution in [0.5, 0.6) is 0 Å². The first kappa shape index (κ1) is 17.8. The molecule has 0 spiro atoms. The van der Waals surface area contributed by atoms with Crippen molar-refractivity contribution < 1.29 is 9.59 Å². The van der Waals surface area contributed by atoms with Crippen LogP contribution in [0.2, 0.25) is 0 Å². The number of anilines is 1. The van der Waals surface area contributed by atoms with Gasteiger partial charge in [-0.2, -0.15) is 0 Å². The molecule has 3 N–H and O–H groups in total. The van der Waals surface area contributed by atoms with E-state index in [0.29, 0.717) is 10.6 Å². The molecule has 1 heterocycles. The summed E-state index contributed by atoms with van der Waals surface area (Å²) in [6, 6.07) is -0.265. The van der Waals surface area contributed by atoms with Gasteiger partial charge in [-0.1, -0.05) is 26.2 Å². The van der Waals surface area contributed by atoms with Gasteiger partial charge in [0.1, 0.15) is 5.00 Å². The monoisotopic (exact) mass is 329 g/mol. The van der Waals surface area contributed by atoms with Crippen LogP contribution in [0, 0.1) is 0 Å². The molecule has 0 saturated carbocycles. The summed E-state index contributed by atoms with van der Waals surface area (Å²) in [5, 5.41) is 5.12. The predicted octanol–water partition coefficient (Wildman–Crippen LogP) is 3.61. The molecule has 0 aromatic carbocycles. The number of nitrogens with two attached hydrogens (primary N) is 1. The second kappa shape index (κ2) is 8.94. The third-order valence-corrected chi connectivity index (χ3v) is 5.06. The van der Waals surface area contributed by atoms with Crippen molar-refractivity contribution in [3.05, 3.63) is 10.9 Å². The summed E-state index contributed by atoms with van der Waals surface area (Å²) in [7, 11) is 3.30. The van der Waals surface area contributed by atoms with Crippen LogP contribution in [-0.4, -0.2) is 36.7 Å². The van der Waals surface area contributed by atoms with Crippen LogP contribution < -0.4 is 11.1 Å². The van der Waals surface area contributed by atoms with E-state index < -0.39 is 5.91 Å². The van der Waals surface area contributed by atoms with Gasteiger partial charge in [-0.25, -0.2) is 4.79 Å². The molecule has 0 aliphatic carbocycles. The van der Waals surface area contributed by atoms with Crippen molar-refractivity contribution in [3.8, 4) is 0 Å². The quantitative estimate of drug-likeness (QED) is 0.565. The van der Waals surface area contributed by atoms with Gasteiger partial charge in [0.25, 0.3) is 5.91 Å². The lowest BCUT2D eigenvalue weighted by atomic mass is 10.2. The van der Waals surface area contributed by atoms with Crippen molar-refractivity contribution in [1.29, 1.82) is 0 Å². The minimum absolute atomic E-state index is 0.265. The van der Waals surface area contributed by atoms with Crippen molar-refractivity contribution >= 4 is 40.0 Å². The number of unbranched alkanes of at least 4 members (excludes halogenated alkanes) is 3. The fraction of sp³-hybridized carbons (Fsp3) is 0.571. The number of carbonyl (C=O) groups is 2. The summed E-state index contributed by atoms with van der Waals surface area (Å²) in [6.45, 7) is 2.18. The zero-order valence-corrected chi connectivity index (χ0v) is 14.4. The van der Waals surface area contributed by atoms with Crippen molar-refractivity contribution in [2.45, 2.75) is 37.5 Å². The second-order valence-electron chi connectivity index (χ2n) is 4.90. The zero-order chi connectivity index (χ0) is 15.8. The van der Waals surface area contributed by atoms with E-state index in [4.69, 9.17) is 5.73 Å². The van der Waals surface area contributed by atoms with Gasteiger partial charge in [0.2, 0.25) is 0 Å². The highest BCUT2D eigenvalue weighted by atomic mass is 32.2. The third kappa shape index (κ3) is 5.59. The van der Waals surface area contributed by atoms with E-state index in [0.717, 1.165) is 17.1 Å². The topological polar surface area (TPSA) is 75.4 Å². The number of carbonyl (C=O) groups excluding carboxylic acids is 2. The SMILES string of the molecule is CCCCCCSc1csc(NC(=O)N(C)C)c1C(N)=O. The number of thiophene rings is 1. The van der Waals surface area contributed by atoms with Crippen LogP contribution in [-0.2, 0) is 0 Å². The summed E-state index contributed by atoms with van der Waals surface area (Å²) < 4.78 is 0. The number of nitrogens with one attached hydrogen (secondary N) is 1. The number of hydrogen-bond donors (Lipinski definition) is 2. The minimum Gasteiger partial charge on any atom is -0.365 e. The van der Waals surface area contributed by atoms with Crippen LogP contribution in [0.1, 0.15) is 43.0 Å². The molecular weight excluding hydrogens is 306 g/mol. The molecule has 1 aromatic heterocycles. The first-order valence-corrected chi connectivity index (χ1v) is 8.86. The highest BCUT2D eigenvalue weighted by Gasteiger charge is 2.19. The number of nitrogens with zero attached hydrogens (tertiary/aromatic N) is 1. The van der Waals surface area contributed by atoms with Crippen molar-refractivity contribution in [3.63, 3.8) is 0 Å². The molecular formula is C14H23N3O2S2. The minimum atomic E-state index is -0.499. The molecule has 0 radical (unpaired) electrons. The first-order chi connectivity index (χ1) is 9.97. The molecule has 5 nitrogen and oxygen atoms in total. The summed E-state index contributed by atoms with van der Waals surface area (Å²) in [6.07, 6.45) is 4.75. The normalized spacial score (nSPS) is 10.4. The maximum Gasteiger partial charge on any atom is 0.321 e. The van der Waals surface area contributed by atoms with E-state index in [2.05, 4.69) is 12.2 Å². The van der Waals surface area contributed by atoms with Crippen LogP contribution in [0.4, 0.5) is 9.80 Å². The number of thioether (sulfide) groups is 1. The van der Waals surface area contributed by atoms with E-state index in [1.807, 2.05) is 5.38 Å². The predicted molar refractivity (Wildman–Crippen MR) is 90.4 cm³/mol. The molecule has 1 rings (SSSR count). The molecule has 7 heteroatoms. The Bertz CT molecular complexity index is 487. The van der Waals surface area contributed by atoms with Gasteiger partial charge < -0.3 is 10.6 Å². The molecule has 3 amide bonds. The van der Waals surface area contributed by atoms with E-state index in [1.165, 1.54) is 35.5 Å². The largest absolute Gasteiger partial charge is 0.365 e. The molecule has 0 bridgehead atoms. The Kier molecular flexibility index (Phi) is 7.60. The highest BCUT2D eigenvalue weighted by Crippen LogP contribution is 2.35. The van der Waals surface area contributed by atoms with Gasteiger partial charge in [0.15, 0.2) is 0 Å². The average Bonchev–Trinajstić information content (AvgIpc) is 2.81. The Hall–Kier alpha value is -1.21. The van der Waals surface area contributed by atoms with E-state index in [-0.39, 0.29) is 6.03 Å². The summed E-state index contributed by atoms with van der Waals surface area (Å²) in [4.78, 5) is 25.6. The Morgan fingerprint density at radius 2 is 2.05 bits per heavy atom. The fourth-order valence-electron chi connectivity index (χ4n) is 1.69. The van der Waals surface area contributed by atoms with Crippen LogP contribution >= 0.6 is 23.1 Å². The van der Waals surface area contributed by atoms with E-state index >= 15 is 0 Å². The third-order valence-electron chi connectivity index (χ3n) is 2.89. The number of hydrogen-bond acceptors (Lipinski definition) is 4. The average molecular weight is 329 g/mol. The standard InChI is InChI=1S/C14H23N3O2S2/c1-4-5-6-7-8-20-10-9-21-13(11(10)12(15)18)16-14(19)17(2)3/h9H,4-8H2,1-3H3,(H2,15,18)(H,16,19). The van der Waals surface area contributed by atoms with Gasteiger partial charge in [-0.05, 0) is 12.2 Å². The molecule has 0 aliphatic rings. The lowest BCUT2D eigenvalue weighted by Crippen LogP contribution is -2.28. The number of primary amides is 1. The summed E-state index contributed by atoms with van der Waals surface area (Å²) in [5.41, 5.74) is 5.88. The Balaban J connectivity index is 2.70. The van der Waals surface area contributed by atoms with Crippen LogP contribution in [0.3, 0.4) is 0 Å². The number of urea groups is 1. The molecule has 0 aliphatic heterocycles. The Morgan fingerprint density at radius 3 is 2.62 bits per heavy atom. The molecule has 0 atom stereocenters. The summed E-state index contributed by atoms with van der Waals surface area (Å²) in [5.74, 6) is 0.458. The molecule has 118 valence electrons. The maximum absolute atomic E-state index is 11.7. The van der Waals surface area contributed by atoms with Gasteiger partial charge in [-0.15, -0.1) is 23.1 Å². The van der Waals surface area contributed by atoms with E-state index in [1.54, 1.807) is 25.9 Å². The Labute approximate surface area is 134 Å². The molecule has 21 heavy (non-hydrogen) atoms. The first-order valence-electron chi connectivity index (χ1n) is 6.99. The maximum atomic E-state index is 11.7. The lowest BCUT2D eigenvalue weighted by molar-refractivity contribution is 0.0999. The highest BCUT2D eigenvalue weighted by molar-refractivity contribution is 7.99. The molecule has 0 saturated heterocycles. The number of rotatable bonds is 8. The molecule has 1 aromatic rings. The van der Waals surface area contributed by atoms with Gasteiger partial charge in [-0.3, -0.25) is 10.1 Å². The van der Waals surface area contributed by atoms with Gasteiger partial charge in [0, 0.05) is 24.4 Å². The molecule has 0 unspecified atom stereocenters. The number of amides is 3. The van der Waals surface area contributed by atoms with Gasteiger partial charge in [0.05, 0.1) is 5.56 Å². The van der Waals surface area contributed by atoms with Crippen molar-refractivity contribution in [2.75, 3.05) is 25.2 Å². The van der Waals surface area contributed by atoms with E-state index in [9.17, 15) is 9.59 Å². The van der Waals surface area contributed by atoms with Crippen LogP contribution in [0.25, 0.3) is 0 Å². The Morgan fingerprint density at radius 1 is 1.33 bits per heavy atom. The summed E-state index contributed by atoms with van der Waals surface area (Å²) >= 11 is 2.97. The van der Waals surface area contributed by atoms with Crippen molar-refractivity contribution in [2.24, 2.45) is 5.73 Å². The smallest absolute Gasteiger partial charge is 0.321 e. The van der Waals surface area contributed by atoms with Crippen LogP contribution in [0.15, 0.2) is 10.3 Å². The van der Waals surface area contributed by atoms with Gasteiger partial charge >= 0.3 is 6.03 Å². The zero-order valence-electron chi connectivity index (χ0n) is 12.8. The second-order valence-corrected chi connectivity index (χ2v) is 6.92. The lowest BCUT2D eigenvalue weighted by Gasteiger charge is -2.11.